The van der Waals surface area contributed by atoms with Crippen LogP contribution in [0.5, 0.6) is 5.75 Å². The van der Waals surface area contributed by atoms with Gasteiger partial charge in [-0.2, -0.15) is 0 Å². The highest BCUT2D eigenvalue weighted by Crippen LogP contribution is 2.34. The zero-order valence-electron chi connectivity index (χ0n) is 20.1. The number of carbonyl (C=O) groups is 2. The van der Waals surface area contributed by atoms with Gasteiger partial charge < -0.3 is 31.9 Å². The number of para-hydroxylation sites is 1. The van der Waals surface area contributed by atoms with E-state index in [0.29, 0.717) is 30.0 Å². The van der Waals surface area contributed by atoms with Crippen molar-refractivity contribution in [1.29, 1.82) is 0 Å². The van der Waals surface area contributed by atoms with Crippen molar-refractivity contribution in [2.75, 3.05) is 10.6 Å². The van der Waals surface area contributed by atoms with Gasteiger partial charge in [0, 0.05) is 17.3 Å². The van der Waals surface area contributed by atoms with Crippen molar-refractivity contribution in [1.82, 2.24) is 0 Å². The summed E-state index contributed by atoms with van der Waals surface area (Å²) in [6.07, 6.45) is -0.565. The van der Waals surface area contributed by atoms with E-state index in [1.165, 1.54) is 0 Å². The lowest BCUT2D eigenvalue weighted by Gasteiger charge is -2.26. The first-order valence-corrected chi connectivity index (χ1v) is 11.7. The Morgan fingerprint density at radius 1 is 0.806 bits per heavy atom. The molecule has 0 aliphatic heterocycles. The monoisotopic (exact) mass is 491 g/mol. The fourth-order valence-corrected chi connectivity index (χ4v) is 4.13. The molecule has 0 aliphatic carbocycles. The molecule has 0 heterocycles. The van der Waals surface area contributed by atoms with Crippen LogP contribution in [0.1, 0.15) is 36.8 Å². The molecule has 190 valence electrons. The fraction of sp³-hybridized carbons (Fsp3) is 0.259. The van der Waals surface area contributed by atoms with E-state index in [2.05, 4.69) is 17.6 Å². The number of hydrogen-bond donors (Lipinski definition) is 6. The van der Waals surface area contributed by atoms with E-state index in [0.717, 1.165) is 11.1 Å². The highest BCUT2D eigenvalue weighted by Gasteiger charge is 2.23. The van der Waals surface area contributed by atoms with Crippen molar-refractivity contribution < 1.29 is 19.4 Å². The Labute approximate surface area is 210 Å². The zero-order valence-corrected chi connectivity index (χ0v) is 20.1. The minimum Gasteiger partial charge on any atom is -0.473 e. The predicted molar refractivity (Wildman–Crippen MR) is 141 cm³/mol. The molecule has 0 bridgehead atoms. The third kappa shape index (κ3) is 8.00. The number of benzene rings is 3. The molecule has 0 spiro atoms. The Morgan fingerprint density at radius 3 is 1.72 bits per heavy atom. The molecule has 9 N–H and O–H groups in total. The number of amides is 4. The quantitative estimate of drug-likeness (QED) is 0.223. The van der Waals surface area contributed by atoms with E-state index in [1.807, 2.05) is 42.5 Å². The van der Waals surface area contributed by atoms with Gasteiger partial charge in [0.15, 0.2) is 6.23 Å². The first-order valence-electron chi connectivity index (χ1n) is 11.7. The Morgan fingerprint density at radius 2 is 1.28 bits per heavy atom. The molecular formula is C27H33N5O4. The van der Waals surface area contributed by atoms with E-state index in [-0.39, 0.29) is 11.8 Å². The molecule has 0 fully saturated rings. The normalized spacial score (nSPS) is 13.4. The number of hydrogen-bond acceptors (Lipinski definition) is 5. The summed E-state index contributed by atoms with van der Waals surface area (Å²) in [4.78, 5) is 22.3. The van der Waals surface area contributed by atoms with Crippen molar-refractivity contribution in [3.05, 3.63) is 90.0 Å². The number of urea groups is 2. The Kier molecular flexibility index (Phi) is 9.26. The molecular weight excluding hydrogens is 458 g/mol. The zero-order chi connectivity index (χ0) is 26.1. The number of aliphatic hydroxyl groups excluding tert-OH is 1. The molecule has 0 saturated heterocycles. The van der Waals surface area contributed by atoms with Crippen LogP contribution in [0.15, 0.2) is 78.9 Å². The summed E-state index contributed by atoms with van der Waals surface area (Å²) < 4.78 is 5.68. The summed E-state index contributed by atoms with van der Waals surface area (Å²) in [5.41, 5.74) is 19.8. The maximum atomic E-state index is 11.2. The second-order valence-electron chi connectivity index (χ2n) is 8.81. The molecule has 9 nitrogen and oxygen atoms in total. The average Bonchev–Trinajstić information content (AvgIpc) is 2.83. The fourth-order valence-electron chi connectivity index (χ4n) is 4.13. The van der Waals surface area contributed by atoms with Gasteiger partial charge in [-0.15, -0.1) is 0 Å². The lowest BCUT2D eigenvalue weighted by Crippen LogP contribution is -2.40. The smallest absolute Gasteiger partial charge is 0.316 e. The van der Waals surface area contributed by atoms with Crippen LogP contribution in [0.3, 0.4) is 0 Å². The highest BCUT2D eigenvalue weighted by atomic mass is 16.5. The minimum atomic E-state index is -0.856. The number of anilines is 2. The van der Waals surface area contributed by atoms with Gasteiger partial charge in [0.1, 0.15) is 11.9 Å². The Hall–Kier alpha value is -4.08. The maximum absolute atomic E-state index is 11.2. The number of carbonyl (C=O) groups excluding carboxylic acids is 2. The third-order valence-electron chi connectivity index (χ3n) is 5.84. The number of primary amides is 2. The van der Waals surface area contributed by atoms with E-state index < -0.39 is 24.4 Å². The number of aliphatic hydroxyl groups is 1. The van der Waals surface area contributed by atoms with Gasteiger partial charge in [0.2, 0.25) is 0 Å². The maximum Gasteiger partial charge on any atom is 0.316 e. The second-order valence-corrected chi connectivity index (χ2v) is 8.81. The van der Waals surface area contributed by atoms with Crippen LogP contribution in [0.2, 0.25) is 0 Å². The largest absolute Gasteiger partial charge is 0.473 e. The molecule has 2 unspecified atom stereocenters. The molecule has 4 amide bonds. The molecule has 3 rings (SSSR count). The van der Waals surface area contributed by atoms with E-state index in [1.54, 1.807) is 36.4 Å². The first-order chi connectivity index (χ1) is 17.2. The lowest BCUT2D eigenvalue weighted by atomic mass is 9.82. The summed E-state index contributed by atoms with van der Waals surface area (Å²) >= 11 is 0. The molecule has 36 heavy (non-hydrogen) atoms. The standard InChI is InChI=1S/C27H33N5O4/c1-17(16-24(33)25(28)36-22-5-3-2-4-6-22)15-23(18-7-11-20(12-8-18)31-26(29)34)19-9-13-21(14-10-19)32-27(30)35/h2-14,17,23-25,33H,15-16,28H2,1H3,(H3,29,31,34)(H3,30,32,35)/t17?,24-,25?/m0/s1. The molecule has 3 aromatic rings. The van der Waals surface area contributed by atoms with Gasteiger partial charge in [-0.3, -0.25) is 5.73 Å². The van der Waals surface area contributed by atoms with Crippen molar-refractivity contribution in [3.63, 3.8) is 0 Å². The molecule has 3 atom stereocenters. The number of ether oxygens (including phenoxy) is 1. The van der Waals surface area contributed by atoms with Gasteiger partial charge in [-0.05, 0) is 66.3 Å². The van der Waals surface area contributed by atoms with Crippen LogP contribution in [0.4, 0.5) is 21.0 Å². The van der Waals surface area contributed by atoms with Crippen LogP contribution in [0.25, 0.3) is 0 Å². The summed E-state index contributed by atoms with van der Waals surface area (Å²) in [6.45, 7) is 2.05. The number of nitrogens with two attached hydrogens (primary N) is 3. The van der Waals surface area contributed by atoms with Crippen LogP contribution in [-0.2, 0) is 0 Å². The number of nitrogens with one attached hydrogen (secondary N) is 2. The van der Waals surface area contributed by atoms with Gasteiger partial charge in [0.25, 0.3) is 0 Å². The van der Waals surface area contributed by atoms with Gasteiger partial charge in [-0.1, -0.05) is 49.4 Å². The Bertz CT molecular complexity index is 1060. The van der Waals surface area contributed by atoms with Crippen LogP contribution in [-0.4, -0.2) is 29.5 Å². The van der Waals surface area contributed by atoms with Crippen molar-refractivity contribution in [2.24, 2.45) is 23.1 Å². The van der Waals surface area contributed by atoms with E-state index >= 15 is 0 Å². The lowest BCUT2D eigenvalue weighted by molar-refractivity contribution is 0.0243. The molecule has 3 aromatic carbocycles. The van der Waals surface area contributed by atoms with Crippen molar-refractivity contribution in [2.45, 2.75) is 38.0 Å². The topological polar surface area (TPSA) is 166 Å². The molecule has 0 saturated carbocycles. The molecule has 0 aliphatic rings. The summed E-state index contributed by atoms with van der Waals surface area (Å²) in [7, 11) is 0. The van der Waals surface area contributed by atoms with Crippen molar-refractivity contribution in [3.8, 4) is 5.75 Å². The molecule has 0 aromatic heterocycles. The van der Waals surface area contributed by atoms with Crippen molar-refractivity contribution >= 4 is 23.4 Å². The predicted octanol–water partition coefficient (Wildman–Crippen LogP) is 3.94. The van der Waals surface area contributed by atoms with Gasteiger partial charge >= 0.3 is 12.1 Å². The minimum absolute atomic E-state index is 0.0243. The highest BCUT2D eigenvalue weighted by molar-refractivity contribution is 5.88. The van der Waals surface area contributed by atoms with Crippen LogP contribution < -0.4 is 32.6 Å². The summed E-state index contributed by atoms with van der Waals surface area (Å²) in [5.74, 6) is 0.662. The first kappa shape index (κ1) is 26.5. The van der Waals surface area contributed by atoms with Gasteiger partial charge in [-0.25, -0.2) is 9.59 Å². The second kappa shape index (κ2) is 12.6. The average molecular weight is 492 g/mol. The third-order valence-corrected chi connectivity index (χ3v) is 5.84. The number of rotatable bonds is 11. The van der Waals surface area contributed by atoms with E-state index in [9.17, 15) is 14.7 Å². The van der Waals surface area contributed by atoms with E-state index in [4.69, 9.17) is 21.9 Å². The molecule has 9 heteroatoms. The SMILES string of the molecule is CC(CC(c1ccc(NC(N)=O)cc1)c1ccc(NC(N)=O)cc1)C[C@H](O)C(N)Oc1ccccc1. The van der Waals surface area contributed by atoms with Gasteiger partial charge in [0.05, 0.1) is 0 Å². The summed E-state index contributed by atoms with van der Waals surface area (Å²) in [5, 5.41) is 15.8. The van der Waals surface area contributed by atoms with Crippen LogP contribution >= 0.6 is 0 Å². The summed E-state index contributed by atoms with van der Waals surface area (Å²) in [6, 6.07) is 22.8. The molecule has 0 radical (unpaired) electrons. The van der Waals surface area contributed by atoms with Crippen LogP contribution in [0, 0.1) is 5.92 Å². The Balaban J connectivity index is 1.75.